The SMILES string of the molecule is O=C(Cc1ccn(-c2ccccc2)n1)N[C@@H]1CC(Cn2ccnc2)C[C@H]1O. The van der Waals surface area contributed by atoms with E-state index in [0.29, 0.717) is 18.0 Å². The van der Waals surface area contributed by atoms with E-state index >= 15 is 0 Å². The highest BCUT2D eigenvalue weighted by atomic mass is 16.3. The second-order valence-corrected chi connectivity index (χ2v) is 7.10. The Kier molecular flexibility index (Phi) is 5.02. The molecule has 1 saturated carbocycles. The van der Waals surface area contributed by atoms with Crippen molar-refractivity contribution in [2.45, 2.75) is 38.0 Å². The van der Waals surface area contributed by atoms with Crippen LogP contribution in [0.3, 0.4) is 0 Å². The van der Waals surface area contributed by atoms with Crippen molar-refractivity contribution in [1.29, 1.82) is 0 Å². The fourth-order valence-electron chi connectivity index (χ4n) is 3.72. The molecule has 4 rings (SSSR count). The van der Waals surface area contributed by atoms with Crippen LogP contribution in [0, 0.1) is 5.92 Å². The second kappa shape index (κ2) is 7.75. The number of rotatable bonds is 6. The zero-order chi connectivity index (χ0) is 18.6. The summed E-state index contributed by atoms with van der Waals surface area (Å²) < 4.78 is 3.77. The molecular weight excluding hydrogens is 342 g/mol. The lowest BCUT2D eigenvalue weighted by molar-refractivity contribution is -0.121. The summed E-state index contributed by atoms with van der Waals surface area (Å²) in [5.74, 6) is 0.220. The van der Waals surface area contributed by atoms with Crippen LogP contribution in [0.25, 0.3) is 5.69 Å². The molecule has 1 aliphatic rings. The third-order valence-corrected chi connectivity index (χ3v) is 5.01. The Balaban J connectivity index is 1.31. The molecule has 1 aliphatic carbocycles. The van der Waals surface area contributed by atoms with E-state index in [9.17, 15) is 9.90 Å². The molecule has 0 aliphatic heterocycles. The van der Waals surface area contributed by atoms with Gasteiger partial charge >= 0.3 is 0 Å². The van der Waals surface area contributed by atoms with Gasteiger partial charge in [-0.1, -0.05) is 18.2 Å². The van der Waals surface area contributed by atoms with Crippen molar-refractivity contribution in [3.8, 4) is 5.69 Å². The Morgan fingerprint density at radius 1 is 1.19 bits per heavy atom. The minimum Gasteiger partial charge on any atom is -0.391 e. The molecule has 140 valence electrons. The van der Waals surface area contributed by atoms with Crippen LogP contribution in [0.4, 0.5) is 0 Å². The Morgan fingerprint density at radius 2 is 2.04 bits per heavy atom. The Labute approximate surface area is 157 Å². The summed E-state index contributed by atoms with van der Waals surface area (Å²) in [7, 11) is 0. The maximum Gasteiger partial charge on any atom is 0.226 e. The maximum atomic E-state index is 12.4. The second-order valence-electron chi connectivity index (χ2n) is 7.10. The summed E-state index contributed by atoms with van der Waals surface area (Å²) >= 11 is 0. The van der Waals surface area contributed by atoms with Gasteiger partial charge in [-0.3, -0.25) is 4.79 Å². The van der Waals surface area contributed by atoms with Crippen molar-refractivity contribution in [2.75, 3.05) is 0 Å². The number of aromatic nitrogens is 4. The van der Waals surface area contributed by atoms with E-state index in [4.69, 9.17) is 0 Å². The van der Waals surface area contributed by atoms with Crippen molar-refractivity contribution in [3.05, 3.63) is 67.0 Å². The quantitative estimate of drug-likeness (QED) is 0.694. The van der Waals surface area contributed by atoms with Gasteiger partial charge in [-0.2, -0.15) is 5.10 Å². The lowest BCUT2D eigenvalue weighted by Crippen LogP contribution is -2.40. The number of aliphatic hydroxyl groups is 1. The minimum absolute atomic E-state index is 0.111. The minimum atomic E-state index is -0.510. The molecule has 7 heteroatoms. The monoisotopic (exact) mass is 365 g/mol. The number of nitrogens with zero attached hydrogens (tertiary/aromatic N) is 4. The number of aliphatic hydroxyl groups excluding tert-OH is 1. The first-order chi connectivity index (χ1) is 13.2. The summed E-state index contributed by atoms with van der Waals surface area (Å²) in [5.41, 5.74) is 1.66. The number of carbonyl (C=O) groups excluding carboxylic acids is 1. The van der Waals surface area contributed by atoms with E-state index in [1.807, 2.05) is 53.4 Å². The molecule has 1 amide bonds. The van der Waals surface area contributed by atoms with Crippen molar-refractivity contribution in [2.24, 2.45) is 5.92 Å². The van der Waals surface area contributed by atoms with E-state index < -0.39 is 6.10 Å². The Hall–Kier alpha value is -2.93. The number of nitrogens with one attached hydrogen (secondary N) is 1. The van der Waals surface area contributed by atoms with Gasteiger partial charge in [-0.15, -0.1) is 0 Å². The first-order valence-corrected chi connectivity index (χ1v) is 9.20. The van der Waals surface area contributed by atoms with Gasteiger partial charge < -0.3 is 15.0 Å². The molecule has 3 atom stereocenters. The number of carbonyl (C=O) groups is 1. The van der Waals surface area contributed by atoms with Crippen LogP contribution in [0.2, 0.25) is 0 Å². The number of amides is 1. The smallest absolute Gasteiger partial charge is 0.226 e. The summed E-state index contributed by atoms with van der Waals surface area (Å²) in [6, 6.07) is 11.4. The van der Waals surface area contributed by atoms with Gasteiger partial charge in [0.2, 0.25) is 5.91 Å². The summed E-state index contributed by atoms with van der Waals surface area (Å²) in [6.45, 7) is 0.810. The van der Waals surface area contributed by atoms with E-state index in [1.54, 1.807) is 17.2 Å². The number of benzene rings is 1. The van der Waals surface area contributed by atoms with Crippen LogP contribution in [-0.4, -0.2) is 42.5 Å². The lowest BCUT2D eigenvalue weighted by Gasteiger charge is -2.16. The molecule has 7 nitrogen and oxygen atoms in total. The van der Waals surface area contributed by atoms with E-state index in [-0.39, 0.29) is 18.4 Å². The summed E-state index contributed by atoms with van der Waals surface area (Å²) in [6.07, 6.45) is 8.44. The van der Waals surface area contributed by atoms with Crippen molar-refractivity contribution in [3.63, 3.8) is 0 Å². The molecular formula is C20H23N5O2. The summed E-state index contributed by atoms with van der Waals surface area (Å²) in [4.78, 5) is 16.4. The highest BCUT2D eigenvalue weighted by molar-refractivity contribution is 5.78. The standard InChI is InChI=1S/C20H23N5O2/c26-19-11-15(13-24-9-7-21-14-24)10-18(19)22-20(27)12-16-6-8-25(23-16)17-4-2-1-3-5-17/h1-9,14-15,18-19,26H,10-13H2,(H,22,27)/t15?,18-,19-/m1/s1. The molecule has 0 radical (unpaired) electrons. The molecule has 3 aromatic rings. The number of imidazole rings is 1. The van der Waals surface area contributed by atoms with Crippen LogP contribution < -0.4 is 5.32 Å². The lowest BCUT2D eigenvalue weighted by atomic mass is 10.1. The Bertz CT molecular complexity index is 875. The van der Waals surface area contributed by atoms with Gasteiger partial charge in [0, 0.05) is 25.1 Å². The average Bonchev–Trinajstić information content (AvgIpc) is 3.39. The first kappa shape index (κ1) is 17.5. The van der Waals surface area contributed by atoms with Crippen molar-refractivity contribution in [1.82, 2.24) is 24.6 Å². The van der Waals surface area contributed by atoms with Gasteiger partial charge in [-0.05, 0) is 37.0 Å². The van der Waals surface area contributed by atoms with Gasteiger partial charge in [0.15, 0.2) is 0 Å². The van der Waals surface area contributed by atoms with Gasteiger partial charge in [-0.25, -0.2) is 9.67 Å². The fourth-order valence-corrected chi connectivity index (χ4v) is 3.72. The predicted octanol–water partition coefficient (Wildman–Crippen LogP) is 1.57. The third kappa shape index (κ3) is 4.25. The van der Waals surface area contributed by atoms with Crippen LogP contribution in [0.5, 0.6) is 0 Å². The van der Waals surface area contributed by atoms with Gasteiger partial charge in [0.05, 0.1) is 36.3 Å². The van der Waals surface area contributed by atoms with Crippen molar-refractivity contribution < 1.29 is 9.90 Å². The van der Waals surface area contributed by atoms with E-state index in [2.05, 4.69) is 15.4 Å². The molecule has 2 heterocycles. The predicted molar refractivity (Wildman–Crippen MR) is 100 cm³/mol. The summed E-state index contributed by atoms with van der Waals surface area (Å²) in [5, 5.41) is 17.7. The first-order valence-electron chi connectivity index (χ1n) is 9.20. The molecule has 27 heavy (non-hydrogen) atoms. The molecule has 1 aromatic carbocycles. The molecule has 0 spiro atoms. The number of para-hydroxylation sites is 1. The largest absolute Gasteiger partial charge is 0.391 e. The van der Waals surface area contributed by atoms with Crippen LogP contribution >= 0.6 is 0 Å². The topological polar surface area (TPSA) is 85.0 Å². The van der Waals surface area contributed by atoms with Crippen molar-refractivity contribution >= 4 is 5.91 Å². The number of hydrogen-bond acceptors (Lipinski definition) is 4. The molecule has 0 bridgehead atoms. The Morgan fingerprint density at radius 3 is 2.81 bits per heavy atom. The maximum absolute atomic E-state index is 12.4. The normalized spacial score (nSPS) is 22.0. The van der Waals surface area contributed by atoms with Crippen LogP contribution in [0.15, 0.2) is 61.3 Å². The zero-order valence-electron chi connectivity index (χ0n) is 15.0. The molecule has 2 N–H and O–H groups in total. The molecule has 1 fully saturated rings. The zero-order valence-corrected chi connectivity index (χ0v) is 15.0. The van der Waals surface area contributed by atoms with Crippen LogP contribution in [-0.2, 0) is 17.8 Å². The van der Waals surface area contributed by atoms with Gasteiger partial charge in [0.1, 0.15) is 0 Å². The molecule has 0 saturated heterocycles. The van der Waals surface area contributed by atoms with E-state index in [1.165, 1.54) is 0 Å². The number of hydrogen-bond donors (Lipinski definition) is 2. The molecule has 1 unspecified atom stereocenters. The fraction of sp³-hybridized carbons (Fsp3) is 0.350. The van der Waals surface area contributed by atoms with Gasteiger partial charge in [0.25, 0.3) is 0 Å². The van der Waals surface area contributed by atoms with Crippen LogP contribution in [0.1, 0.15) is 18.5 Å². The third-order valence-electron chi connectivity index (χ3n) is 5.01. The van der Waals surface area contributed by atoms with E-state index in [0.717, 1.165) is 18.7 Å². The average molecular weight is 365 g/mol. The highest BCUT2D eigenvalue weighted by Crippen LogP contribution is 2.27. The highest BCUT2D eigenvalue weighted by Gasteiger charge is 2.34. The molecule has 2 aromatic heterocycles.